The minimum atomic E-state index is -0.588. The van der Waals surface area contributed by atoms with Gasteiger partial charge >= 0.3 is 0 Å². The Balaban J connectivity index is 1.70. The van der Waals surface area contributed by atoms with E-state index in [9.17, 15) is 0 Å². The summed E-state index contributed by atoms with van der Waals surface area (Å²) in [6.45, 7) is 0. The molecule has 41 heavy (non-hydrogen) atoms. The molecule has 0 aliphatic carbocycles. The van der Waals surface area contributed by atoms with Gasteiger partial charge in [0.1, 0.15) is 17.7 Å². The lowest BCUT2D eigenvalue weighted by atomic mass is 10.1. The fraction of sp³-hybridized carbons (Fsp3) is 0.200. The van der Waals surface area contributed by atoms with E-state index in [0.717, 1.165) is 37.9 Å². The molecule has 0 atom stereocenters. The quantitative estimate of drug-likeness (QED) is 0.213. The molecule has 212 valence electrons. The number of methoxy groups -OCH3 is 5. The molecule has 5 rings (SSSR count). The Morgan fingerprint density at radius 3 is 1.34 bits per heavy atom. The van der Waals surface area contributed by atoms with Gasteiger partial charge in [-0.15, -0.1) is 0 Å². The first-order chi connectivity index (χ1) is 19.9. The number of hydrogen-bond acceptors (Lipinski definition) is 9. The Bertz CT molecular complexity index is 1640. The van der Waals surface area contributed by atoms with Gasteiger partial charge in [-0.3, -0.25) is 20.0 Å². The molecular weight excluding hydrogens is 560 g/mol. The summed E-state index contributed by atoms with van der Waals surface area (Å²) in [6.07, 6.45) is 3.30. The number of thiazole rings is 2. The van der Waals surface area contributed by atoms with E-state index in [0.29, 0.717) is 26.9 Å². The summed E-state index contributed by atoms with van der Waals surface area (Å²) in [5, 5.41) is 18.0. The predicted octanol–water partition coefficient (Wildman–Crippen LogP) is 5.84. The molecular formula is C30H30N4O5S2. The molecule has 0 unspecified atom stereocenters. The van der Waals surface area contributed by atoms with Crippen LogP contribution in [0.2, 0.25) is 0 Å². The van der Waals surface area contributed by atoms with E-state index in [1.807, 2.05) is 82.2 Å². The standard InChI is InChI=1S/C30H30N4O5S2/c1-35-21-10-6-18(7-11-21)25-16-33(29(31)40-25)28(20-14-23(37-3)27(39-5)24(15-20)38-4)34-17-26(41-30(34)32)19-8-12-22(36-2)13-9-19/h6-17,28,31-32H,1-5H3. The first kappa shape index (κ1) is 28.1. The molecule has 0 saturated heterocycles. The highest BCUT2D eigenvalue weighted by molar-refractivity contribution is 7.13. The van der Waals surface area contributed by atoms with E-state index < -0.39 is 6.17 Å². The van der Waals surface area contributed by atoms with E-state index in [-0.39, 0.29) is 0 Å². The molecule has 0 fully saturated rings. The molecule has 0 aliphatic rings. The number of nitrogens with one attached hydrogen (secondary N) is 2. The van der Waals surface area contributed by atoms with Gasteiger partial charge in [-0.1, -0.05) is 22.7 Å². The molecule has 2 N–H and O–H groups in total. The third-order valence-electron chi connectivity index (χ3n) is 6.66. The van der Waals surface area contributed by atoms with Crippen LogP contribution in [0.25, 0.3) is 20.9 Å². The number of benzene rings is 3. The van der Waals surface area contributed by atoms with Crippen LogP contribution in [0, 0.1) is 10.8 Å². The van der Waals surface area contributed by atoms with Crippen molar-refractivity contribution in [2.75, 3.05) is 35.5 Å². The smallest absolute Gasteiger partial charge is 0.203 e. The van der Waals surface area contributed by atoms with Crippen LogP contribution in [0.4, 0.5) is 0 Å². The van der Waals surface area contributed by atoms with Crippen LogP contribution in [0.5, 0.6) is 28.7 Å². The molecule has 9 nitrogen and oxygen atoms in total. The molecule has 2 aromatic heterocycles. The van der Waals surface area contributed by atoms with Crippen LogP contribution in [0.1, 0.15) is 11.7 Å². The van der Waals surface area contributed by atoms with Crippen molar-refractivity contribution in [1.29, 1.82) is 10.8 Å². The van der Waals surface area contributed by atoms with E-state index in [1.54, 1.807) is 35.5 Å². The highest BCUT2D eigenvalue weighted by atomic mass is 32.1. The van der Waals surface area contributed by atoms with Gasteiger partial charge in [0.2, 0.25) is 5.75 Å². The molecule has 0 saturated carbocycles. The van der Waals surface area contributed by atoms with E-state index in [1.165, 1.54) is 22.7 Å². The molecule has 0 bridgehead atoms. The van der Waals surface area contributed by atoms with Crippen molar-refractivity contribution in [1.82, 2.24) is 9.13 Å². The Labute approximate surface area is 245 Å². The van der Waals surface area contributed by atoms with E-state index in [2.05, 4.69) is 0 Å². The van der Waals surface area contributed by atoms with Gasteiger partial charge in [0.15, 0.2) is 21.1 Å². The van der Waals surface area contributed by atoms with Gasteiger partial charge in [-0.05, 0) is 71.8 Å². The largest absolute Gasteiger partial charge is 0.497 e. The zero-order valence-corrected chi connectivity index (χ0v) is 24.9. The third-order valence-corrected chi connectivity index (χ3v) is 8.59. The second-order valence-corrected chi connectivity index (χ2v) is 11.0. The summed E-state index contributed by atoms with van der Waals surface area (Å²) in [5.74, 6) is 2.97. The van der Waals surface area contributed by atoms with E-state index in [4.69, 9.17) is 34.5 Å². The summed E-state index contributed by atoms with van der Waals surface area (Å²) in [6, 6.07) is 19.2. The Hall–Kier alpha value is -4.48. The minimum Gasteiger partial charge on any atom is -0.497 e. The van der Waals surface area contributed by atoms with Crippen molar-refractivity contribution in [3.63, 3.8) is 0 Å². The highest BCUT2D eigenvalue weighted by Gasteiger charge is 2.25. The lowest BCUT2D eigenvalue weighted by Crippen LogP contribution is -2.31. The van der Waals surface area contributed by atoms with Crippen molar-refractivity contribution in [3.05, 3.63) is 88.2 Å². The van der Waals surface area contributed by atoms with Gasteiger partial charge in [-0.2, -0.15) is 0 Å². The van der Waals surface area contributed by atoms with Crippen molar-refractivity contribution in [3.8, 4) is 49.6 Å². The summed E-state index contributed by atoms with van der Waals surface area (Å²) < 4.78 is 31.2. The molecule has 3 aromatic carbocycles. The summed E-state index contributed by atoms with van der Waals surface area (Å²) in [5.41, 5.74) is 2.69. The van der Waals surface area contributed by atoms with Crippen LogP contribution in [0.3, 0.4) is 0 Å². The Kier molecular flexibility index (Phi) is 8.18. The average molecular weight is 591 g/mol. The van der Waals surface area contributed by atoms with Crippen molar-refractivity contribution in [2.45, 2.75) is 6.17 Å². The maximum atomic E-state index is 8.99. The SMILES string of the molecule is COc1ccc(-c2cn(C(c3cc(OC)c(OC)c(OC)c3)n3cc(-c4ccc(OC)cc4)sc3=N)c(=N)s2)cc1. The maximum absolute atomic E-state index is 8.99. The molecule has 0 amide bonds. The van der Waals surface area contributed by atoms with Gasteiger partial charge in [-0.25, -0.2) is 0 Å². The summed E-state index contributed by atoms with van der Waals surface area (Å²) in [7, 11) is 7.97. The molecule has 0 aliphatic heterocycles. The molecule has 0 spiro atoms. The van der Waals surface area contributed by atoms with Crippen LogP contribution in [-0.4, -0.2) is 44.7 Å². The molecule has 11 heteroatoms. The lowest BCUT2D eigenvalue weighted by molar-refractivity contribution is 0.322. The monoisotopic (exact) mass is 590 g/mol. The van der Waals surface area contributed by atoms with Crippen molar-refractivity contribution < 1.29 is 23.7 Å². The van der Waals surface area contributed by atoms with Crippen LogP contribution < -0.4 is 33.3 Å². The van der Waals surface area contributed by atoms with Gasteiger partial charge in [0.05, 0.1) is 45.3 Å². The highest BCUT2D eigenvalue weighted by Crippen LogP contribution is 2.41. The second-order valence-electron chi connectivity index (χ2n) is 8.91. The second kappa shape index (κ2) is 11.9. The third kappa shape index (κ3) is 5.46. The van der Waals surface area contributed by atoms with Gasteiger partial charge in [0.25, 0.3) is 0 Å². The van der Waals surface area contributed by atoms with Crippen LogP contribution in [-0.2, 0) is 0 Å². The first-order valence-electron chi connectivity index (χ1n) is 12.5. The van der Waals surface area contributed by atoms with Crippen molar-refractivity contribution in [2.24, 2.45) is 0 Å². The number of nitrogens with zero attached hydrogens (tertiary/aromatic N) is 2. The van der Waals surface area contributed by atoms with Gasteiger partial charge < -0.3 is 23.7 Å². The summed E-state index contributed by atoms with van der Waals surface area (Å²) in [4.78, 5) is 2.46. The maximum Gasteiger partial charge on any atom is 0.203 e. The van der Waals surface area contributed by atoms with E-state index >= 15 is 0 Å². The molecule has 2 heterocycles. The van der Waals surface area contributed by atoms with Gasteiger partial charge in [0, 0.05) is 18.0 Å². The number of ether oxygens (including phenoxy) is 5. The lowest BCUT2D eigenvalue weighted by Gasteiger charge is -2.23. The molecule has 5 aromatic rings. The summed E-state index contributed by atoms with van der Waals surface area (Å²) >= 11 is 2.71. The average Bonchev–Trinajstić information content (AvgIpc) is 3.59. The van der Waals surface area contributed by atoms with Crippen LogP contribution >= 0.6 is 22.7 Å². The molecule has 0 radical (unpaired) electrons. The number of aromatic nitrogens is 2. The topological polar surface area (TPSA) is 104 Å². The zero-order valence-electron chi connectivity index (χ0n) is 23.3. The zero-order chi connectivity index (χ0) is 29.1. The first-order valence-corrected chi connectivity index (χ1v) is 14.2. The normalized spacial score (nSPS) is 11.6. The number of rotatable bonds is 10. The fourth-order valence-corrected chi connectivity index (χ4v) is 6.36. The van der Waals surface area contributed by atoms with Crippen molar-refractivity contribution >= 4 is 22.7 Å². The number of hydrogen-bond donors (Lipinski definition) is 2. The fourth-order valence-electron chi connectivity index (χ4n) is 4.58. The van der Waals surface area contributed by atoms with Crippen LogP contribution in [0.15, 0.2) is 73.1 Å². The minimum absolute atomic E-state index is 0.318. The Morgan fingerprint density at radius 1 is 0.585 bits per heavy atom. The Morgan fingerprint density at radius 2 is 1.00 bits per heavy atom. The predicted molar refractivity (Wildman–Crippen MR) is 160 cm³/mol.